The van der Waals surface area contributed by atoms with Gasteiger partial charge in [0.1, 0.15) is 5.15 Å². The Kier molecular flexibility index (Phi) is 6.26. The van der Waals surface area contributed by atoms with Crippen LogP contribution in [0.2, 0.25) is 5.15 Å². The van der Waals surface area contributed by atoms with Crippen LogP contribution in [0, 0.1) is 12.8 Å². The summed E-state index contributed by atoms with van der Waals surface area (Å²) in [4.78, 5) is 12.3. The van der Waals surface area contributed by atoms with Gasteiger partial charge in [0.15, 0.2) is 9.84 Å². The highest BCUT2D eigenvalue weighted by molar-refractivity contribution is 7.90. The number of amides is 1. The van der Waals surface area contributed by atoms with Crippen LogP contribution in [-0.4, -0.2) is 30.4 Å². The van der Waals surface area contributed by atoms with E-state index in [0.29, 0.717) is 23.2 Å². The number of hydrogen-bond acceptors (Lipinski definition) is 4. The molecule has 1 heterocycles. The summed E-state index contributed by atoms with van der Waals surface area (Å²) < 4.78 is 25.3. The molecule has 0 atom stereocenters. The van der Waals surface area contributed by atoms with Gasteiger partial charge < -0.3 is 5.32 Å². The van der Waals surface area contributed by atoms with Gasteiger partial charge in [0.05, 0.1) is 16.3 Å². The zero-order chi connectivity index (χ0) is 19.5. The largest absolute Gasteiger partial charge is 0.321 e. The second kappa shape index (κ2) is 8.05. The number of rotatable bonds is 6. The molecule has 6 nitrogen and oxygen atoms in total. The van der Waals surface area contributed by atoms with Crippen LogP contribution in [-0.2, 0) is 21.2 Å². The lowest BCUT2D eigenvalue weighted by Crippen LogP contribution is -2.11. The maximum Gasteiger partial charge on any atom is 0.248 e. The number of benzene rings is 1. The van der Waals surface area contributed by atoms with E-state index in [2.05, 4.69) is 24.3 Å². The minimum atomic E-state index is -3.44. The molecule has 0 radical (unpaired) electrons. The number of nitrogens with one attached hydrogen (secondary N) is 1. The Morgan fingerprint density at radius 1 is 1.35 bits per heavy atom. The Labute approximate surface area is 158 Å². The quantitative estimate of drug-likeness (QED) is 0.758. The molecule has 0 aliphatic heterocycles. The number of para-hydroxylation sites is 1. The number of aryl methyl sites for hydroxylation is 1. The lowest BCUT2D eigenvalue weighted by molar-refractivity contribution is -0.111. The number of sulfone groups is 1. The van der Waals surface area contributed by atoms with E-state index >= 15 is 0 Å². The molecule has 0 unspecified atom stereocenters. The number of carbonyl (C=O) groups is 1. The van der Waals surface area contributed by atoms with E-state index in [9.17, 15) is 13.2 Å². The molecule has 0 spiro atoms. The summed E-state index contributed by atoms with van der Waals surface area (Å²) in [5, 5.41) is 7.44. The van der Waals surface area contributed by atoms with Crippen LogP contribution in [0.3, 0.4) is 0 Å². The van der Waals surface area contributed by atoms with E-state index in [1.165, 1.54) is 12.1 Å². The fourth-order valence-corrected chi connectivity index (χ4v) is 3.60. The zero-order valence-corrected chi connectivity index (χ0v) is 16.7. The highest BCUT2D eigenvalue weighted by Crippen LogP contribution is 2.23. The smallest absolute Gasteiger partial charge is 0.248 e. The van der Waals surface area contributed by atoms with Gasteiger partial charge in [-0.1, -0.05) is 37.6 Å². The molecule has 1 aromatic carbocycles. The third-order valence-corrected chi connectivity index (χ3v) is 5.15. The molecular formula is C18H22ClN3O3S. The highest BCUT2D eigenvalue weighted by atomic mass is 35.5. The Hall–Kier alpha value is -2.12. The Bertz CT molecular complexity index is 947. The topological polar surface area (TPSA) is 81.1 Å². The molecule has 140 valence electrons. The van der Waals surface area contributed by atoms with Crippen molar-refractivity contribution in [1.29, 1.82) is 0 Å². The van der Waals surface area contributed by atoms with Crippen molar-refractivity contribution in [2.24, 2.45) is 5.92 Å². The molecule has 0 aliphatic rings. The molecule has 0 saturated heterocycles. The van der Waals surface area contributed by atoms with Gasteiger partial charge >= 0.3 is 0 Å². The van der Waals surface area contributed by atoms with E-state index < -0.39 is 15.7 Å². The van der Waals surface area contributed by atoms with E-state index in [0.717, 1.165) is 11.9 Å². The van der Waals surface area contributed by atoms with Crippen LogP contribution in [0.15, 0.2) is 35.2 Å². The number of carbonyl (C=O) groups excluding carboxylic acids is 1. The zero-order valence-electron chi connectivity index (χ0n) is 15.2. The van der Waals surface area contributed by atoms with E-state index in [1.54, 1.807) is 29.0 Å². The summed E-state index contributed by atoms with van der Waals surface area (Å²) in [6.07, 6.45) is 3.99. The molecule has 26 heavy (non-hydrogen) atoms. The number of nitrogens with zero attached hydrogens (tertiary/aromatic N) is 2. The number of anilines is 1. The van der Waals surface area contributed by atoms with Gasteiger partial charge in [0.2, 0.25) is 5.91 Å². The third-order valence-electron chi connectivity index (χ3n) is 3.59. The van der Waals surface area contributed by atoms with Gasteiger partial charge in [-0.25, -0.2) is 8.42 Å². The first kappa shape index (κ1) is 20.2. The van der Waals surface area contributed by atoms with Crippen LogP contribution in [0.4, 0.5) is 5.69 Å². The van der Waals surface area contributed by atoms with Gasteiger partial charge in [-0.15, -0.1) is 0 Å². The molecule has 0 aliphatic carbocycles. The summed E-state index contributed by atoms with van der Waals surface area (Å²) in [6.45, 7) is 6.63. The molecule has 2 aromatic rings. The van der Waals surface area contributed by atoms with E-state index in [-0.39, 0.29) is 10.6 Å². The van der Waals surface area contributed by atoms with Gasteiger partial charge in [-0.2, -0.15) is 5.10 Å². The molecule has 8 heteroatoms. The van der Waals surface area contributed by atoms with Crippen LogP contribution >= 0.6 is 11.6 Å². The predicted octanol–water partition coefficient (Wildman–Crippen LogP) is 3.56. The molecule has 0 bridgehead atoms. The molecule has 1 N–H and O–H groups in total. The summed E-state index contributed by atoms with van der Waals surface area (Å²) in [7, 11) is -3.44. The van der Waals surface area contributed by atoms with E-state index in [1.807, 2.05) is 6.92 Å². The van der Waals surface area contributed by atoms with Crippen LogP contribution in [0.1, 0.15) is 25.1 Å². The second-order valence-corrected chi connectivity index (χ2v) is 8.80. The highest BCUT2D eigenvalue weighted by Gasteiger charge is 2.15. The first-order chi connectivity index (χ1) is 12.1. The van der Waals surface area contributed by atoms with Crippen LogP contribution < -0.4 is 5.32 Å². The minimum absolute atomic E-state index is 0.0701. The van der Waals surface area contributed by atoms with Crippen LogP contribution in [0.25, 0.3) is 6.08 Å². The van der Waals surface area contributed by atoms with Crippen molar-refractivity contribution in [2.45, 2.75) is 32.2 Å². The molecule has 1 aromatic heterocycles. The Morgan fingerprint density at radius 3 is 2.62 bits per heavy atom. The summed E-state index contributed by atoms with van der Waals surface area (Å²) in [5.74, 6) is -0.0624. The Morgan fingerprint density at radius 2 is 2.00 bits per heavy atom. The maximum absolute atomic E-state index is 12.2. The molecule has 0 fully saturated rings. The van der Waals surface area contributed by atoms with Crippen molar-refractivity contribution in [3.63, 3.8) is 0 Å². The summed E-state index contributed by atoms with van der Waals surface area (Å²) >= 11 is 6.34. The predicted molar refractivity (Wildman–Crippen MR) is 104 cm³/mol. The Balaban J connectivity index is 2.21. The van der Waals surface area contributed by atoms with Crippen molar-refractivity contribution in [3.8, 4) is 0 Å². The van der Waals surface area contributed by atoms with Gasteiger partial charge in [0.25, 0.3) is 0 Å². The standard InChI is InChI=1S/C18H22ClN3O3S/c1-12(2)11-22-18(19)14(13(3)21-22)9-10-17(23)20-15-7-5-6-8-16(15)26(4,24)25/h5-10,12H,11H2,1-4H3,(H,20,23)/b10-9+. The lowest BCUT2D eigenvalue weighted by atomic mass is 10.2. The first-order valence-corrected chi connectivity index (χ1v) is 10.4. The fraction of sp³-hybridized carbons (Fsp3) is 0.333. The summed E-state index contributed by atoms with van der Waals surface area (Å²) in [5.41, 5.74) is 1.62. The van der Waals surface area contributed by atoms with Crippen molar-refractivity contribution in [2.75, 3.05) is 11.6 Å². The summed E-state index contributed by atoms with van der Waals surface area (Å²) in [6, 6.07) is 6.26. The molecular weight excluding hydrogens is 374 g/mol. The fourth-order valence-electron chi connectivity index (χ4n) is 2.45. The average Bonchev–Trinajstić information content (AvgIpc) is 2.78. The molecule has 0 saturated carbocycles. The maximum atomic E-state index is 12.2. The average molecular weight is 396 g/mol. The SMILES string of the molecule is Cc1nn(CC(C)C)c(Cl)c1/C=C/C(=O)Nc1ccccc1S(C)(=O)=O. The normalized spacial score (nSPS) is 12.1. The van der Waals surface area contributed by atoms with Crippen molar-refractivity contribution >= 4 is 39.1 Å². The van der Waals surface area contributed by atoms with Crippen molar-refractivity contribution in [3.05, 3.63) is 46.8 Å². The number of aromatic nitrogens is 2. The van der Waals surface area contributed by atoms with Gasteiger partial charge in [-0.05, 0) is 31.1 Å². The van der Waals surface area contributed by atoms with Crippen molar-refractivity contribution in [1.82, 2.24) is 9.78 Å². The minimum Gasteiger partial charge on any atom is -0.321 e. The van der Waals surface area contributed by atoms with Crippen LogP contribution in [0.5, 0.6) is 0 Å². The monoisotopic (exact) mass is 395 g/mol. The molecule has 2 rings (SSSR count). The number of halogens is 1. The number of hydrogen-bond donors (Lipinski definition) is 1. The van der Waals surface area contributed by atoms with E-state index in [4.69, 9.17) is 11.6 Å². The first-order valence-electron chi connectivity index (χ1n) is 8.10. The van der Waals surface area contributed by atoms with Crippen molar-refractivity contribution < 1.29 is 13.2 Å². The molecule has 1 amide bonds. The second-order valence-electron chi connectivity index (χ2n) is 6.46. The van der Waals surface area contributed by atoms with Gasteiger partial charge in [0, 0.05) is 24.4 Å². The third kappa shape index (κ3) is 4.95. The van der Waals surface area contributed by atoms with Gasteiger partial charge in [-0.3, -0.25) is 9.48 Å². The lowest BCUT2D eigenvalue weighted by Gasteiger charge is -2.07.